The van der Waals surface area contributed by atoms with Gasteiger partial charge in [0.15, 0.2) is 0 Å². The Bertz CT molecular complexity index is 563. The Morgan fingerprint density at radius 2 is 2.22 bits per heavy atom. The number of carbonyl (C=O) groups excluding carboxylic acids is 1. The van der Waals surface area contributed by atoms with Crippen molar-refractivity contribution in [3.8, 4) is 5.69 Å². The number of para-hydroxylation sites is 1. The fraction of sp³-hybridized carbons (Fsp3) is 0.231. The van der Waals surface area contributed by atoms with Crippen LogP contribution in [0.25, 0.3) is 5.69 Å². The number of hydrogen-bond donors (Lipinski definition) is 2. The molecule has 0 unspecified atom stereocenters. The van der Waals surface area contributed by atoms with E-state index in [1.807, 2.05) is 31.2 Å². The van der Waals surface area contributed by atoms with Gasteiger partial charge in [0, 0.05) is 11.8 Å². The molecule has 0 aliphatic carbocycles. The van der Waals surface area contributed by atoms with Crippen molar-refractivity contribution >= 4 is 5.91 Å². The lowest BCUT2D eigenvalue weighted by Gasteiger charge is -2.13. The van der Waals surface area contributed by atoms with Gasteiger partial charge in [-0.1, -0.05) is 25.1 Å². The van der Waals surface area contributed by atoms with Gasteiger partial charge >= 0.3 is 0 Å². The third-order valence-corrected chi connectivity index (χ3v) is 2.80. The van der Waals surface area contributed by atoms with Gasteiger partial charge in [0.25, 0.3) is 5.91 Å². The Kier molecular flexibility index (Phi) is 3.43. The van der Waals surface area contributed by atoms with Crippen molar-refractivity contribution in [2.24, 2.45) is 5.73 Å². The normalized spacial score (nSPS) is 12.3. The Morgan fingerprint density at radius 3 is 2.83 bits per heavy atom. The van der Waals surface area contributed by atoms with Gasteiger partial charge in [0.05, 0.1) is 23.6 Å². The number of aromatic nitrogens is 2. The molecule has 1 aromatic heterocycles. The van der Waals surface area contributed by atoms with Crippen molar-refractivity contribution in [3.05, 3.63) is 47.8 Å². The molecule has 0 aliphatic rings. The van der Waals surface area contributed by atoms with E-state index >= 15 is 0 Å². The van der Waals surface area contributed by atoms with Crippen molar-refractivity contribution in [1.29, 1.82) is 0 Å². The second-order valence-electron chi connectivity index (χ2n) is 4.02. The largest absolute Gasteiger partial charge is 0.388 e. The van der Waals surface area contributed by atoms with Crippen LogP contribution in [0.3, 0.4) is 0 Å². The number of primary amides is 1. The average Bonchev–Trinajstić information content (AvgIpc) is 2.87. The van der Waals surface area contributed by atoms with Crippen LogP contribution in [0.4, 0.5) is 0 Å². The van der Waals surface area contributed by atoms with Gasteiger partial charge in [0.1, 0.15) is 0 Å². The van der Waals surface area contributed by atoms with E-state index in [1.165, 1.54) is 6.20 Å². The fourth-order valence-corrected chi connectivity index (χ4v) is 1.78. The van der Waals surface area contributed by atoms with Crippen molar-refractivity contribution in [3.63, 3.8) is 0 Å². The predicted octanol–water partition coefficient (Wildman–Crippen LogP) is 1.41. The summed E-state index contributed by atoms with van der Waals surface area (Å²) < 4.78 is 1.55. The standard InChI is InChI=1S/C13H15N3O2/c1-2-12(17)10-5-3-4-6-11(10)16-8-9(7-15-16)13(14)18/h3-8,12,17H,2H2,1H3,(H2,14,18)/t12-/m0/s1. The number of carbonyl (C=O) groups is 1. The minimum atomic E-state index is -0.553. The van der Waals surface area contributed by atoms with Crippen LogP contribution >= 0.6 is 0 Å². The number of nitrogens with zero attached hydrogens (tertiary/aromatic N) is 2. The smallest absolute Gasteiger partial charge is 0.251 e. The summed E-state index contributed by atoms with van der Waals surface area (Å²) >= 11 is 0. The van der Waals surface area contributed by atoms with Crippen molar-refractivity contribution in [1.82, 2.24) is 9.78 Å². The van der Waals surface area contributed by atoms with E-state index in [1.54, 1.807) is 10.9 Å². The molecule has 94 valence electrons. The second-order valence-corrected chi connectivity index (χ2v) is 4.02. The van der Waals surface area contributed by atoms with Crippen LogP contribution in [0, 0.1) is 0 Å². The topological polar surface area (TPSA) is 81.1 Å². The highest BCUT2D eigenvalue weighted by Gasteiger charge is 2.13. The van der Waals surface area contributed by atoms with Crippen LogP contribution in [-0.2, 0) is 0 Å². The first-order valence-corrected chi connectivity index (χ1v) is 5.75. The van der Waals surface area contributed by atoms with Crippen LogP contribution in [0.1, 0.15) is 35.4 Å². The minimum Gasteiger partial charge on any atom is -0.388 e. The predicted molar refractivity (Wildman–Crippen MR) is 67.3 cm³/mol. The summed E-state index contributed by atoms with van der Waals surface area (Å²) in [5.74, 6) is -0.519. The molecule has 0 aliphatic heterocycles. The molecule has 0 saturated carbocycles. The van der Waals surface area contributed by atoms with Crippen LogP contribution < -0.4 is 5.73 Å². The Balaban J connectivity index is 2.46. The molecule has 0 bridgehead atoms. The highest BCUT2D eigenvalue weighted by atomic mass is 16.3. The quantitative estimate of drug-likeness (QED) is 0.854. The molecular formula is C13H15N3O2. The highest BCUT2D eigenvalue weighted by molar-refractivity contribution is 5.92. The first-order chi connectivity index (χ1) is 8.63. The number of rotatable bonds is 4. The van der Waals surface area contributed by atoms with E-state index in [4.69, 9.17) is 5.73 Å². The summed E-state index contributed by atoms with van der Waals surface area (Å²) in [5.41, 5.74) is 7.06. The number of hydrogen-bond acceptors (Lipinski definition) is 3. The lowest BCUT2D eigenvalue weighted by Crippen LogP contribution is -2.09. The lowest BCUT2D eigenvalue weighted by molar-refractivity contribution is 0.100. The molecule has 1 aromatic carbocycles. The molecule has 0 fully saturated rings. The summed E-state index contributed by atoms with van der Waals surface area (Å²) in [6, 6.07) is 7.39. The molecule has 5 heteroatoms. The zero-order chi connectivity index (χ0) is 13.1. The minimum absolute atomic E-state index is 0.343. The molecule has 0 spiro atoms. The number of amides is 1. The van der Waals surface area contributed by atoms with Crippen LogP contribution in [-0.4, -0.2) is 20.8 Å². The maximum Gasteiger partial charge on any atom is 0.251 e. The van der Waals surface area contributed by atoms with Gasteiger partial charge in [-0.2, -0.15) is 5.10 Å². The van der Waals surface area contributed by atoms with E-state index in [0.29, 0.717) is 12.0 Å². The van der Waals surface area contributed by atoms with Crippen molar-refractivity contribution in [2.45, 2.75) is 19.4 Å². The molecule has 18 heavy (non-hydrogen) atoms. The summed E-state index contributed by atoms with van der Waals surface area (Å²) in [7, 11) is 0. The maximum absolute atomic E-state index is 11.0. The zero-order valence-corrected chi connectivity index (χ0v) is 10.1. The van der Waals surface area contributed by atoms with Crippen LogP contribution in [0.15, 0.2) is 36.7 Å². The van der Waals surface area contributed by atoms with Gasteiger partial charge in [-0.05, 0) is 12.5 Å². The molecule has 1 amide bonds. The summed E-state index contributed by atoms with van der Waals surface area (Å²) in [5, 5.41) is 14.0. The third-order valence-electron chi connectivity index (χ3n) is 2.80. The van der Waals surface area contributed by atoms with Gasteiger partial charge in [0.2, 0.25) is 0 Å². The summed E-state index contributed by atoms with van der Waals surface area (Å²) in [6.45, 7) is 1.90. The molecule has 1 heterocycles. The van der Waals surface area contributed by atoms with Gasteiger partial charge < -0.3 is 10.8 Å². The van der Waals surface area contributed by atoms with Crippen LogP contribution in [0.2, 0.25) is 0 Å². The molecule has 2 aromatic rings. The Labute approximate surface area is 105 Å². The van der Waals surface area contributed by atoms with Crippen molar-refractivity contribution < 1.29 is 9.90 Å². The first-order valence-electron chi connectivity index (χ1n) is 5.75. The molecule has 0 saturated heterocycles. The van der Waals surface area contributed by atoms with Crippen molar-refractivity contribution in [2.75, 3.05) is 0 Å². The number of benzene rings is 1. The second kappa shape index (κ2) is 5.01. The first kappa shape index (κ1) is 12.3. The zero-order valence-electron chi connectivity index (χ0n) is 10.1. The van der Waals surface area contributed by atoms with Crippen LogP contribution in [0.5, 0.6) is 0 Å². The van der Waals surface area contributed by atoms with E-state index in [9.17, 15) is 9.90 Å². The lowest BCUT2D eigenvalue weighted by atomic mass is 10.1. The molecule has 3 N–H and O–H groups in total. The van der Waals surface area contributed by atoms with Gasteiger partial charge in [-0.3, -0.25) is 4.79 Å². The summed E-state index contributed by atoms with van der Waals surface area (Å²) in [6.07, 6.45) is 3.03. The Morgan fingerprint density at radius 1 is 1.50 bits per heavy atom. The number of aliphatic hydroxyl groups excluding tert-OH is 1. The van der Waals surface area contributed by atoms with E-state index < -0.39 is 12.0 Å². The van der Waals surface area contributed by atoms with Gasteiger partial charge in [-0.25, -0.2) is 4.68 Å². The maximum atomic E-state index is 11.0. The third kappa shape index (κ3) is 2.26. The average molecular weight is 245 g/mol. The number of nitrogens with two attached hydrogens (primary N) is 1. The monoisotopic (exact) mass is 245 g/mol. The molecule has 0 radical (unpaired) electrons. The molecule has 2 rings (SSSR count). The van der Waals surface area contributed by atoms with Gasteiger partial charge in [-0.15, -0.1) is 0 Å². The van der Waals surface area contributed by atoms with E-state index in [0.717, 1.165) is 11.3 Å². The number of aliphatic hydroxyl groups is 1. The highest BCUT2D eigenvalue weighted by Crippen LogP contribution is 2.23. The summed E-state index contributed by atoms with van der Waals surface area (Å²) in [4.78, 5) is 11.0. The molecule has 5 nitrogen and oxygen atoms in total. The molecular weight excluding hydrogens is 230 g/mol. The fourth-order valence-electron chi connectivity index (χ4n) is 1.78. The molecule has 1 atom stereocenters. The van der Waals surface area contributed by atoms with E-state index in [-0.39, 0.29) is 0 Å². The SMILES string of the molecule is CC[C@H](O)c1ccccc1-n1cc(C(N)=O)cn1. The van der Waals surface area contributed by atoms with E-state index in [2.05, 4.69) is 5.10 Å². The Hall–Kier alpha value is -2.14.